The molecule has 0 radical (unpaired) electrons. The highest BCUT2D eigenvalue weighted by molar-refractivity contribution is 6.39. The Labute approximate surface area is 148 Å². The Balaban J connectivity index is 2.34. The van der Waals surface area contributed by atoms with E-state index in [1.807, 2.05) is 0 Å². The molecule has 0 saturated carbocycles. The molecule has 0 bridgehead atoms. The van der Waals surface area contributed by atoms with Crippen molar-refractivity contribution in [2.24, 2.45) is 0 Å². The number of esters is 1. The number of hydrogen-bond acceptors (Lipinski definition) is 8. The van der Waals surface area contributed by atoms with Gasteiger partial charge in [-0.1, -0.05) is 0 Å². The number of benzene rings is 1. The van der Waals surface area contributed by atoms with Crippen LogP contribution in [-0.2, 0) is 14.3 Å². The first-order valence-electron chi connectivity index (χ1n) is 7.99. The first-order valence-corrected chi connectivity index (χ1v) is 7.99. The van der Waals surface area contributed by atoms with Gasteiger partial charge in [-0.15, -0.1) is 0 Å². The number of aliphatic hydroxyl groups is 1. The normalized spacial score (nSPS) is 25.7. The van der Waals surface area contributed by atoms with Crippen molar-refractivity contribution in [1.82, 2.24) is 0 Å². The number of aliphatic hydroxyl groups excluding tert-OH is 1. The molecule has 9 heteroatoms. The van der Waals surface area contributed by atoms with E-state index in [-0.39, 0.29) is 29.9 Å². The van der Waals surface area contributed by atoms with E-state index in [0.717, 1.165) is 12.1 Å². The number of rotatable bonds is 0. The number of carbonyl (C=O) groups excluding carboxylic acids is 3. The van der Waals surface area contributed by atoms with Crippen molar-refractivity contribution in [3.8, 4) is 17.2 Å². The summed E-state index contributed by atoms with van der Waals surface area (Å²) in [6.45, 7) is 1.07. The predicted octanol–water partition coefficient (Wildman–Crippen LogP) is 1.04. The Kier molecular flexibility index (Phi) is 6.14. The topological polar surface area (TPSA) is 130 Å². The van der Waals surface area contributed by atoms with Gasteiger partial charge in [0.1, 0.15) is 29.0 Å². The second-order valence-corrected chi connectivity index (χ2v) is 5.98. The third kappa shape index (κ3) is 4.48. The molecule has 3 atom stereocenters. The second kappa shape index (κ2) is 8.13. The quantitative estimate of drug-likeness (QED) is 0.456. The number of halogens is 1. The van der Waals surface area contributed by atoms with Crippen LogP contribution in [0.4, 0.5) is 4.39 Å². The zero-order valence-corrected chi connectivity index (χ0v) is 14.0. The summed E-state index contributed by atoms with van der Waals surface area (Å²) in [6, 6.07) is 1.96. The van der Waals surface area contributed by atoms with Crippen LogP contribution < -0.4 is 4.74 Å². The van der Waals surface area contributed by atoms with E-state index in [1.54, 1.807) is 0 Å². The number of hydrogen-bond donors (Lipinski definition) is 3. The minimum absolute atomic E-state index is 0.0273. The van der Waals surface area contributed by atoms with Crippen LogP contribution in [0.15, 0.2) is 12.1 Å². The van der Waals surface area contributed by atoms with Gasteiger partial charge in [-0.2, -0.15) is 0 Å². The molecule has 0 fully saturated rings. The number of phenols is 2. The number of Topliss-reactive ketones (excluding diaryl/α,β-unsaturated/α-hetero) is 2. The van der Waals surface area contributed by atoms with Gasteiger partial charge in [0, 0.05) is 18.6 Å². The maximum atomic E-state index is 13.9. The smallest absolute Gasteiger partial charge is 0.346 e. The zero-order valence-electron chi connectivity index (χ0n) is 14.0. The molecule has 1 aliphatic rings. The fourth-order valence-corrected chi connectivity index (χ4v) is 2.46. The van der Waals surface area contributed by atoms with E-state index < -0.39 is 54.7 Å². The Morgan fingerprint density at radius 2 is 1.85 bits per heavy atom. The maximum Gasteiger partial charge on any atom is 0.346 e. The van der Waals surface area contributed by atoms with Crippen molar-refractivity contribution in [1.29, 1.82) is 0 Å². The van der Waals surface area contributed by atoms with Crippen LogP contribution >= 0.6 is 0 Å². The van der Waals surface area contributed by atoms with Crippen LogP contribution in [0, 0.1) is 0 Å². The van der Waals surface area contributed by atoms with Crippen LogP contribution in [-0.4, -0.2) is 57.8 Å². The molecular formula is C17H19FO8. The first-order chi connectivity index (χ1) is 12.2. The van der Waals surface area contributed by atoms with Gasteiger partial charge >= 0.3 is 5.97 Å². The Morgan fingerprint density at radius 3 is 2.54 bits per heavy atom. The summed E-state index contributed by atoms with van der Waals surface area (Å²) in [4.78, 5) is 35.8. The SMILES string of the molecule is C[C@H]1CCC(F)C(O)C(=O)C(=O)CCOc2cc(O)cc(O)c2C(=O)O1. The summed E-state index contributed by atoms with van der Waals surface area (Å²) in [6.07, 6.45) is -5.69. The third-order valence-electron chi connectivity index (χ3n) is 3.90. The molecule has 142 valence electrons. The van der Waals surface area contributed by atoms with Gasteiger partial charge in [0.2, 0.25) is 11.6 Å². The van der Waals surface area contributed by atoms with E-state index in [9.17, 15) is 34.1 Å². The highest BCUT2D eigenvalue weighted by Crippen LogP contribution is 2.34. The molecule has 8 nitrogen and oxygen atoms in total. The fraction of sp³-hybridized carbons (Fsp3) is 0.471. The highest BCUT2D eigenvalue weighted by atomic mass is 19.1. The second-order valence-electron chi connectivity index (χ2n) is 5.98. The molecule has 2 rings (SSSR count). The van der Waals surface area contributed by atoms with Crippen molar-refractivity contribution in [2.45, 2.75) is 44.6 Å². The average Bonchev–Trinajstić information content (AvgIpc) is 2.56. The van der Waals surface area contributed by atoms with Gasteiger partial charge in [0.05, 0.1) is 12.7 Å². The van der Waals surface area contributed by atoms with E-state index in [4.69, 9.17) is 9.47 Å². The summed E-state index contributed by atoms with van der Waals surface area (Å²) in [5, 5.41) is 29.1. The molecule has 0 aliphatic carbocycles. The number of phenolic OH excluding ortho intramolecular Hbond substituents is 2. The molecule has 1 aromatic carbocycles. The largest absolute Gasteiger partial charge is 0.508 e. The molecular weight excluding hydrogens is 351 g/mol. The summed E-state index contributed by atoms with van der Waals surface area (Å²) in [5.41, 5.74) is -0.359. The Bertz CT molecular complexity index is 717. The number of aromatic hydroxyl groups is 2. The molecule has 1 aliphatic heterocycles. The number of carbonyl (C=O) groups is 3. The number of cyclic esters (lactones) is 1. The van der Waals surface area contributed by atoms with Gasteiger partial charge in [-0.3, -0.25) is 9.59 Å². The van der Waals surface area contributed by atoms with Crippen molar-refractivity contribution in [3.05, 3.63) is 17.7 Å². The standard InChI is InChI=1S/C17H19FO8/c1-8-2-3-10(18)15(22)16(23)11(20)4-5-25-13-7-9(19)6-12(21)14(13)17(24)26-8/h6-8,10,15,19,21-22H,2-5H2,1H3/t8-,10?,15?/m0/s1. The molecule has 1 aromatic rings. The zero-order chi connectivity index (χ0) is 19.4. The molecule has 3 N–H and O–H groups in total. The van der Waals surface area contributed by atoms with Crippen molar-refractivity contribution in [2.75, 3.05) is 6.61 Å². The molecule has 2 unspecified atom stereocenters. The lowest BCUT2D eigenvalue weighted by molar-refractivity contribution is -0.144. The van der Waals surface area contributed by atoms with Crippen LogP contribution in [0.2, 0.25) is 0 Å². The van der Waals surface area contributed by atoms with Crippen molar-refractivity contribution >= 4 is 17.5 Å². The number of ether oxygens (including phenoxy) is 2. The Morgan fingerprint density at radius 1 is 1.15 bits per heavy atom. The van der Waals surface area contributed by atoms with Gasteiger partial charge in [0.15, 0.2) is 6.10 Å². The summed E-state index contributed by atoms with van der Waals surface area (Å²) in [5.74, 6) is -4.46. The minimum atomic E-state index is -2.09. The lowest BCUT2D eigenvalue weighted by Crippen LogP contribution is -2.37. The third-order valence-corrected chi connectivity index (χ3v) is 3.90. The van der Waals surface area contributed by atoms with Gasteiger partial charge < -0.3 is 24.8 Å². The van der Waals surface area contributed by atoms with Crippen LogP contribution in [0.5, 0.6) is 17.2 Å². The molecule has 0 amide bonds. The Hall–Kier alpha value is -2.68. The first kappa shape index (κ1) is 19.6. The monoisotopic (exact) mass is 370 g/mol. The van der Waals surface area contributed by atoms with Crippen LogP contribution in [0.1, 0.15) is 36.5 Å². The lowest BCUT2D eigenvalue weighted by atomic mass is 10.0. The van der Waals surface area contributed by atoms with E-state index in [1.165, 1.54) is 6.92 Å². The van der Waals surface area contributed by atoms with Crippen molar-refractivity contribution in [3.63, 3.8) is 0 Å². The summed E-state index contributed by atoms with van der Waals surface area (Å²) < 4.78 is 24.3. The van der Waals surface area contributed by atoms with E-state index in [0.29, 0.717) is 0 Å². The fourth-order valence-electron chi connectivity index (χ4n) is 2.46. The van der Waals surface area contributed by atoms with E-state index >= 15 is 0 Å². The predicted molar refractivity (Wildman–Crippen MR) is 84.9 cm³/mol. The van der Waals surface area contributed by atoms with E-state index in [2.05, 4.69) is 0 Å². The minimum Gasteiger partial charge on any atom is -0.508 e. The molecule has 0 saturated heterocycles. The number of ketones is 2. The lowest BCUT2D eigenvalue weighted by Gasteiger charge is -2.19. The molecule has 0 aromatic heterocycles. The maximum absolute atomic E-state index is 13.9. The highest BCUT2D eigenvalue weighted by Gasteiger charge is 2.32. The molecule has 1 heterocycles. The molecule has 26 heavy (non-hydrogen) atoms. The average molecular weight is 370 g/mol. The summed E-state index contributed by atoms with van der Waals surface area (Å²) in [7, 11) is 0. The van der Waals surface area contributed by atoms with Crippen LogP contribution in [0.25, 0.3) is 0 Å². The van der Waals surface area contributed by atoms with Crippen LogP contribution in [0.3, 0.4) is 0 Å². The molecule has 0 spiro atoms. The number of alkyl halides is 1. The van der Waals surface area contributed by atoms with Gasteiger partial charge in [-0.25, -0.2) is 9.18 Å². The van der Waals surface area contributed by atoms with Gasteiger partial charge in [0.25, 0.3) is 0 Å². The van der Waals surface area contributed by atoms with Crippen molar-refractivity contribution < 1.29 is 43.6 Å². The number of fused-ring (bicyclic) bond motifs is 1. The summed E-state index contributed by atoms with van der Waals surface area (Å²) >= 11 is 0. The van der Waals surface area contributed by atoms with Gasteiger partial charge in [-0.05, 0) is 19.8 Å².